The zero-order chi connectivity index (χ0) is 17.1. The summed E-state index contributed by atoms with van der Waals surface area (Å²) >= 11 is 0. The minimum atomic E-state index is 0.695. The van der Waals surface area contributed by atoms with E-state index in [1.807, 2.05) is 0 Å². The van der Waals surface area contributed by atoms with Gasteiger partial charge in [-0.15, -0.1) is 0 Å². The highest BCUT2D eigenvalue weighted by atomic mass is 15.3. The molecule has 134 valence electrons. The summed E-state index contributed by atoms with van der Waals surface area (Å²) in [4.78, 5) is 12.0. The van der Waals surface area contributed by atoms with Crippen LogP contribution in [0.25, 0.3) is 10.9 Å². The van der Waals surface area contributed by atoms with Crippen LogP contribution in [-0.2, 0) is 0 Å². The van der Waals surface area contributed by atoms with Crippen molar-refractivity contribution in [1.82, 2.24) is 15.3 Å². The lowest BCUT2D eigenvalue weighted by Gasteiger charge is -2.42. The Morgan fingerprint density at radius 1 is 1.20 bits per heavy atom. The van der Waals surface area contributed by atoms with Crippen LogP contribution in [0.5, 0.6) is 0 Å². The normalized spacial score (nSPS) is 23.5. The molecule has 2 aliphatic rings. The quantitative estimate of drug-likeness (QED) is 0.812. The van der Waals surface area contributed by atoms with Crippen molar-refractivity contribution in [3.8, 4) is 0 Å². The van der Waals surface area contributed by atoms with Crippen LogP contribution >= 0.6 is 0 Å². The minimum absolute atomic E-state index is 0.695. The summed E-state index contributed by atoms with van der Waals surface area (Å²) in [6.45, 7) is 5.12. The maximum atomic E-state index is 4.90. The van der Waals surface area contributed by atoms with Crippen molar-refractivity contribution in [3.63, 3.8) is 0 Å². The maximum Gasteiger partial charge on any atom is 0.225 e. The monoisotopic (exact) mass is 339 g/mol. The highest BCUT2D eigenvalue weighted by molar-refractivity contribution is 5.90. The Kier molecular flexibility index (Phi) is 5.02. The van der Waals surface area contributed by atoms with Crippen LogP contribution in [0.3, 0.4) is 0 Å². The van der Waals surface area contributed by atoms with Gasteiger partial charge in [-0.05, 0) is 37.3 Å². The Morgan fingerprint density at radius 2 is 2.08 bits per heavy atom. The third-order valence-electron chi connectivity index (χ3n) is 5.60. The summed E-state index contributed by atoms with van der Waals surface area (Å²) in [5, 5.41) is 8.31. The van der Waals surface area contributed by atoms with E-state index in [9.17, 15) is 0 Å². The molecule has 25 heavy (non-hydrogen) atoms. The molecule has 5 nitrogen and oxygen atoms in total. The number of anilines is 2. The lowest BCUT2D eigenvalue weighted by atomic mass is 9.83. The third-order valence-corrected chi connectivity index (χ3v) is 5.60. The van der Waals surface area contributed by atoms with Gasteiger partial charge in [-0.3, -0.25) is 5.32 Å². The largest absolute Gasteiger partial charge is 0.354 e. The van der Waals surface area contributed by atoms with Gasteiger partial charge in [-0.25, -0.2) is 4.98 Å². The Hall–Kier alpha value is -1.88. The first-order chi connectivity index (χ1) is 12.3. The Morgan fingerprint density at radius 3 is 3.00 bits per heavy atom. The molecule has 2 atom stereocenters. The Labute approximate surface area is 150 Å². The summed E-state index contributed by atoms with van der Waals surface area (Å²) in [7, 11) is 0. The van der Waals surface area contributed by atoms with E-state index in [2.05, 4.69) is 46.7 Å². The average molecular weight is 339 g/mol. The molecule has 0 spiro atoms. The van der Waals surface area contributed by atoms with E-state index in [0.717, 1.165) is 54.8 Å². The molecule has 1 saturated heterocycles. The van der Waals surface area contributed by atoms with Crippen LogP contribution in [0.15, 0.2) is 24.3 Å². The third kappa shape index (κ3) is 3.56. The van der Waals surface area contributed by atoms with E-state index < -0.39 is 0 Å². The minimum Gasteiger partial charge on any atom is -0.354 e. The predicted octanol–water partition coefficient (Wildman–Crippen LogP) is 3.77. The lowest BCUT2D eigenvalue weighted by Crippen LogP contribution is -2.54. The van der Waals surface area contributed by atoms with E-state index in [1.54, 1.807) is 0 Å². The first-order valence-corrected chi connectivity index (χ1v) is 9.84. The number of hydrogen-bond acceptors (Lipinski definition) is 5. The molecule has 2 unspecified atom stereocenters. The summed E-state index contributed by atoms with van der Waals surface area (Å²) in [5.41, 5.74) is 1.03. The van der Waals surface area contributed by atoms with Crippen molar-refractivity contribution >= 4 is 22.7 Å². The number of nitrogens with one attached hydrogen (secondary N) is 2. The number of nitrogens with zero attached hydrogens (tertiary/aromatic N) is 3. The number of para-hydroxylation sites is 1. The average Bonchev–Trinajstić information content (AvgIpc) is 2.67. The second-order valence-corrected chi connectivity index (χ2v) is 7.40. The van der Waals surface area contributed by atoms with Gasteiger partial charge in [0.1, 0.15) is 5.82 Å². The van der Waals surface area contributed by atoms with Gasteiger partial charge in [-0.2, -0.15) is 4.98 Å². The van der Waals surface area contributed by atoms with Crippen molar-refractivity contribution in [2.24, 2.45) is 5.92 Å². The molecule has 2 aromatic rings. The zero-order valence-corrected chi connectivity index (χ0v) is 15.2. The van der Waals surface area contributed by atoms with Gasteiger partial charge in [0.05, 0.1) is 12.2 Å². The lowest BCUT2D eigenvalue weighted by molar-refractivity contribution is 0.233. The second-order valence-electron chi connectivity index (χ2n) is 7.40. The maximum absolute atomic E-state index is 4.90. The molecule has 2 N–H and O–H groups in total. The van der Waals surface area contributed by atoms with Gasteiger partial charge in [0.2, 0.25) is 5.95 Å². The van der Waals surface area contributed by atoms with Crippen molar-refractivity contribution < 1.29 is 0 Å². The number of unbranched alkanes of at least 4 members (excludes halogenated alkanes) is 1. The van der Waals surface area contributed by atoms with Crippen LogP contribution < -0.4 is 15.5 Å². The summed E-state index contributed by atoms with van der Waals surface area (Å²) < 4.78 is 0. The summed E-state index contributed by atoms with van der Waals surface area (Å²) in [5.74, 6) is 2.57. The van der Waals surface area contributed by atoms with E-state index in [-0.39, 0.29) is 0 Å². The van der Waals surface area contributed by atoms with Gasteiger partial charge < -0.3 is 10.2 Å². The highest BCUT2D eigenvalue weighted by Crippen LogP contribution is 2.32. The molecule has 2 fully saturated rings. The fraction of sp³-hybridized carbons (Fsp3) is 0.600. The molecule has 1 aliphatic heterocycles. The Bertz CT molecular complexity index is 716. The van der Waals surface area contributed by atoms with Crippen LogP contribution in [-0.4, -0.2) is 35.8 Å². The van der Waals surface area contributed by atoms with Gasteiger partial charge in [0.25, 0.3) is 0 Å². The van der Waals surface area contributed by atoms with Crippen molar-refractivity contribution in [3.05, 3.63) is 24.3 Å². The van der Waals surface area contributed by atoms with Crippen molar-refractivity contribution in [1.29, 1.82) is 0 Å². The van der Waals surface area contributed by atoms with Crippen LogP contribution in [0, 0.1) is 5.92 Å². The van der Waals surface area contributed by atoms with Gasteiger partial charge in [0, 0.05) is 24.5 Å². The molecule has 1 aromatic carbocycles. The molecular formula is C20H29N5. The van der Waals surface area contributed by atoms with E-state index >= 15 is 0 Å². The van der Waals surface area contributed by atoms with Gasteiger partial charge in [-0.1, -0.05) is 38.3 Å². The van der Waals surface area contributed by atoms with Crippen LogP contribution in [0.1, 0.15) is 45.4 Å². The van der Waals surface area contributed by atoms with Crippen molar-refractivity contribution in [2.75, 3.05) is 30.0 Å². The van der Waals surface area contributed by atoms with E-state index in [4.69, 9.17) is 9.97 Å². The molecule has 2 heterocycles. The topological polar surface area (TPSA) is 53.1 Å². The van der Waals surface area contributed by atoms with Crippen LogP contribution in [0.2, 0.25) is 0 Å². The number of hydrogen-bond donors (Lipinski definition) is 2. The number of aromatic nitrogens is 2. The SMILES string of the molecule is CCCCNc1nc(N2CNC3CCCCC3C2)c2ccccc2n1. The first kappa shape index (κ1) is 16.6. The molecule has 0 radical (unpaired) electrons. The first-order valence-electron chi connectivity index (χ1n) is 9.84. The number of rotatable bonds is 5. The zero-order valence-electron chi connectivity index (χ0n) is 15.2. The Balaban J connectivity index is 1.62. The number of benzene rings is 1. The fourth-order valence-electron chi connectivity index (χ4n) is 4.19. The molecule has 0 bridgehead atoms. The van der Waals surface area contributed by atoms with Gasteiger partial charge >= 0.3 is 0 Å². The fourth-order valence-corrected chi connectivity index (χ4v) is 4.19. The molecular weight excluding hydrogens is 310 g/mol. The summed E-state index contributed by atoms with van der Waals surface area (Å²) in [6, 6.07) is 9.07. The molecule has 1 aromatic heterocycles. The molecule has 0 amide bonds. The highest BCUT2D eigenvalue weighted by Gasteiger charge is 2.32. The van der Waals surface area contributed by atoms with E-state index in [1.165, 1.54) is 32.1 Å². The molecule has 1 aliphatic carbocycles. The van der Waals surface area contributed by atoms with Gasteiger partial charge in [0.15, 0.2) is 0 Å². The second kappa shape index (κ2) is 7.56. The molecule has 4 rings (SSSR count). The molecule has 5 heteroatoms. The predicted molar refractivity (Wildman–Crippen MR) is 104 cm³/mol. The standard InChI is InChI=1S/C20H29N5/c1-2-3-12-21-20-23-18-11-7-5-9-16(18)19(24-20)25-13-15-8-4-6-10-17(15)22-14-25/h5,7,9,11,15,17,22H,2-4,6,8,10,12-14H2,1H3,(H,21,23,24). The van der Waals surface area contributed by atoms with Crippen LogP contribution in [0.4, 0.5) is 11.8 Å². The molecule has 1 saturated carbocycles. The van der Waals surface area contributed by atoms with E-state index in [0.29, 0.717) is 6.04 Å². The number of fused-ring (bicyclic) bond motifs is 2. The van der Waals surface area contributed by atoms with Crippen molar-refractivity contribution in [2.45, 2.75) is 51.5 Å². The summed E-state index contributed by atoms with van der Waals surface area (Å²) in [6.07, 6.45) is 7.71. The smallest absolute Gasteiger partial charge is 0.225 e.